The number of benzene rings is 2. The molecular formula is C24H26N2O3S. The Labute approximate surface area is 181 Å². The maximum absolute atomic E-state index is 13.0. The van der Waals surface area contributed by atoms with Crippen LogP contribution < -0.4 is 14.8 Å². The van der Waals surface area contributed by atoms with E-state index in [1.165, 1.54) is 4.88 Å². The monoisotopic (exact) mass is 422 g/mol. The highest BCUT2D eigenvalue weighted by Crippen LogP contribution is 2.31. The van der Waals surface area contributed by atoms with Gasteiger partial charge < -0.3 is 14.8 Å². The second-order valence-corrected chi connectivity index (χ2v) is 8.36. The molecule has 0 saturated carbocycles. The van der Waals surface area contributed by atoms with E-state index in [1.54, 1.807) is 18.4 Å². The topological polar surface area (TPSA) is 50.8 Å². The fourth-order valence-electron chi connectivity index (χ4n) is 3.80. The first-order valence-corrected chi connectivity index (χ1v) is 11.0. The van der Waals surface area contributed by atoms with E-state index in [0.717, 1.165) is 29.0 Å². The highest BCUT2D eigenvalue weighted by molar-refractivity contribution is 7.09. The van der Waals surface area contributed by atoms with Gasteiger partial charge in [0, 0.05) is 35.5 Å². The minimum absolute atomic E-state index is 0.0164. The van der Waals surface area contributed by atoms with Crippen LogP contribution in [0.15, 0.2) is 66.0 Å². The first-order chi connectivity index (χ1) is 14.7. The Morgan fingerprint density at radius 3 is 2.80 bits per heavy atom. The molecular weight excluding hydrogens is 396 g/mol. The van der Waals surface area contributed by atoms with Crippen molar-refractivity contribution in [2.24, 2.45) is 0 Å². The van der Waals surface area contributed by atoms with Crippen LogP contribution in [0.1, 0.15) is 28.5 Å². The Morgan fingerprint density at radius 1 is 1.13 bits per heavy atom. The zero-order valence-corrected chi connectivity index (χ0v) is 17.9. The summed E-state index contributed by atoms with van der Waals surface area (Å²) >= 11 is 1.70. The van der Waals surface area contributed by atoms with E-state index in [2.05, 4.69) is 21.7 Å². The zero-order valence-electron chi connectivity index (χ0n) is 17.0. The number of hydrogen-bond acceptors (Lipinski definition) is 5. The summed E-state index contributed by atoms with van der Waals surface area (Å²) in [5.74, 6) is 1.72. The molecule has 0 radical (unpaired) electrons. The number of carbonyl (C=O) groups is 1. The predicted octanol–water partition coefficient (Wildman–Crippen LogP) is 4.40. The standard InChI is InChI=1S/C24H26N2O3S/c1-28-22-10-4-2-7-18(22)15-26(16-19-8-6-14-30-19)17-24(27)25-21-12-13-29-23-11-5-3-9-20(21)23/h2-11,14,21H,12-13,15-17H2,1H3,(H,25,27). The van der Waals surface area contributed by atoms with Crippen LogP contribution in [-0.4, -0.2) is 31.1 Å². The average Bonchev–Trinajstić information content (AvgIpc) is 3.27. The van der Waals surface area contributed by atoms with Crippen molar-refractivity contribution in [3.63, 3.8) is 0 Å². The Hall–Kier alpha value is -2.83. The highest BCUT2D eigenvalue weighted by atomic mass is 32.1. The molecule has 0 fully saturated rings. The molecule has 1 amide bonds. The third-order valence-corrected chi connectivity index (χ3v) is 6.07. The van der Waals surface area contributed by atoms with Crippen LogP contribution in [0, 0.1) is 0 Å². The second kappa shape index (κ2) is 9.78. The molecule has 0 bridgehead atoms. The van der Waals surface area contributed by atoms with Crippen LogP contribution in [0.25, 0.3) is 0 Å². The van der Waals surface area contributed by atoms with Gasteiger partial charge in [-0.05, 0) is 23.6 Å². The number of nitrogens with one attached hydrogen (secondary N) is 1. The Balaban J connectivity index is 1.47. The Kier molecular flexibility index (Phi) is 6.67. The number of methoxy groups -OCH3 is 1. The maximum atomic E-state index is 13.0. The molecule has 6 heteroatoms. The molecule has 2 heterocycles. The van der Waals surface area contributed by atoms with E-state index in [1.807, 2.05) is 54.6 Å². The molecule has 2 aromatic carbocycles. The van der Waals surface area contributed by atoms with Gasteiger partial charge in [-0.3, -0.25) is 9.69 Å². The van der Waals surface area contributed by atoms with Crippen molar-refractivity contribution >= 4 is 17.2 Å². The second-order valence-electron chi connectivity index (χ2n) is 7.33. The predicted molar refractivity (Wildman–Crippen MR) is 119 cm³/mol. The van der Waals surface area contributed by atoms with Gasteiger partial charge >= 0.3 is 0 Å². The summed E-state index contributed by atoms with van der Waals surface area (Å²) in [6.45, 7) is 2.28. The quantitative estimate of drug-likeness (QED) is 0.585. The molecule has 1 atom stereocenters. The molecule has 1 aliphatic rings. The van der Waals surface area contributed by atoms with Gasteiger partial charge in [-0.25, -0.2) is 0 Å². The van der Waals surface area contributed by atoms with Crippen LogP contribution in [0.5, 0.6) is 11.5 Å². The van der Waals surface area contributed by atoms with Gasteiger partial charge in [0.05, 0.1) is 26.3 Å². The van der Waals surface area contributed by atoms with Crippen molar-refractivity contribution < 1.29 is 14.3 Å². The van der Waals surface area contributed by atoms with Crippen LogP contribution in [0.4, 0.5) is 0 Å². The molecule has 1 aliphatic heterocycles. The SMILES string of the molecule is COc1ccccc1CN(CC(=O)NC1CCOc2ccccc21)Cc1cccs1. The Morgan fingerprint density at radius 2 is 1.97 bits per heavy atom. The van der Waals surface area contributed by atoms with Crippen molar-refractivity contribution in [1.29, 1.82) is 0 Å². The van der Waals surface area contributed by atoms with Gasteiger partial charge in [0.2, 0.25) is 5.91 Å². The summed E-state index contributed by atoms with van der Waals surface area (Å²) in [5, 5.41) is 5.28. The first kappa shape index (κ1) is 20.4. The summed E-state index contributed by atoms with van der Waals surface area (Å²) in [6.07, 6.45) is 0.778. The van der Waals surface area contributed by atoms with Gasteiger partial charge in [-0.2, -0.15) is 0 Å². The van der Waals surface area contributed by atoms with E-state index in [4.69, 9.17) is 9.47 Å². The van der Waals surface area contributed by atoms with Crippen LogP contribution in [-0.2, 0) is 17.9 Å². The lowest BCUT2D eigenvalue weighted by molar-refractivity contribution is -0.123. The zero-order chi connectivity index (χ0) is 20.8. The van der Waals surface area contributed by atoms with Gasteiger partial charge in [0.25, 0.3) is 0 Å². The van der Waals surface area contributed by atoms with Crippen LogP contribution in [0.3, 0.4) is 0 Å². The molecule has 1 unspecified atom stereocenters. The lowest BCUT2D eigenvalue weighted by Gasteiger charge is -2.28. The summed E-state index contributed by atoms with van der Waals surface area (Å²) in [4.78, 5) is 16.4. The van der Waals surface area contributed by atoms with Crippen molar-refractivity contribution in [2.45, 2.75) is 25.6 Å². The molecule has 0 aliphatic carbocycles. The first-order valence-electron chi connectivity index (χ1n) is 10.1. The van der Waals surface area contributed by atoms with Gasteiger partial charge in [-0.15, -0.1) is 11.3 Å². The fraction of sp³-hybridized carbons (Fsp3) is 0.292. The van der Waals surface area contributed by atoms with E-state index in [9.17, 15) is 4.79 Å². The van der Waals surface area contributed by atoms with Crippen molar-refractivity contribution in [3.8, 4) is 11.5 Å². The van der Waals surface area contributed by atoms with Crippen molar-refractivity contribution in [3.05, 3.63) is 82.0 Å². The molecule has 0 saturated heterocycles. The highest BCUT2D eigenvalue weighted by Gasteiger charge is 2.23. The number of amides is 1. The number of rotatable bonds is 8. The number of para-hydroxylation sites is 2. The number of hydrogen-bond donors (Lipinski definition) is 1. The van der Waals surface area contributed by atoms with Crippen molar-refractivity contribution in [1.82, 2.24) is 10.2 Å². The third-order valence-electron chi connectivity index (χ3n) is 5.21. The van der Waals surface area contributed by atoms with E-state index in [-0.39, 0.29) is 11.9 Å². The molecule has 1 N–H and O–H groups in total. The number of ether oxygens (including phenoxy) is 2. The molecule has 5 nitrogen and oxygen atoms in total. The number of fused-ring (bicyclic) bond motifs is 1. The molecule has 1 aromatic heterocycles. The third kappa shape index (κ3) is 5.01. The maximum Gasteiger partial charge on any atom is 0.234 e. The lowest BCUT2D eigenvalue weighted by atomic mass is 10.0. The average molecular weight is 423 g/mol. The van der Waals surface area contributed by atoms with E-state index >= 15 is 0 Å². The summed E-state index contributed by atoms with van der Waals surface area (Å²) in [5.41, 5.74) is 2.12. The van der Waals surface area contributed by atoms with E-state index in [0.29, 0.717) is 26.2 Å². The molecule has 4 rings (SSSR count). The smallest absolute Gasteiger partial charge is 0.234 e. The lowest BCUT2D eigenvalue weighted by Crippen LogP contribution is -2.39. The Bertz CT molecular complexity index is 974. The number of carbonyl (C=O) groups excluding carboxylic acids is 1. The minimum atomic E-state index is -0.0164. The van der Waals surface area contributed by atoms with Gasteiger partial charge in [0.1, 0.15) is 11.5 Å². The van der Waals surface area contributed by atoms with Crippen LogP contribution >= 0.6 is 11.3 Å². The van der Waals surface area contributed by atoms with E-state index < -0.39 is 0 Å². The normalized spacial score (nSPS) is 15.3. The molecule has 3 aromatic rings. The van der Waals surface area contributed by atoms with Gasteiger partial charge in [-0.1, -0.05) is 42.5 Å². The number of nitrogens with zero attached hydrogens (tertiary/aromatic N) is 1. The fourth-order valence-corrected chi connectivity index (χ4v) is 4.55. The van der Waals surface area contributed by atoms with Gasteiger partial charge in [0.15, 0.2) is 0 Å². The minimum Gasteiger partial charge on any atom is -0.496 e. The number of thiophene rings is 1. The summed E-state index contributed by atoms with van der Waals surface area (Å²) in [7, 11) is 1.68. The molecule has 156 valence electrons. The molecule has 0 spiro atoms. The molecule has 30 heavy (non-hydrogen) atoms. The summed E-state index contributed by atoms with van der Waals surface area (Å²) in [6, 6.07) is 20.0. The van der Waals surface area contributed by atoms with Crippen molar-refractivity contribution in [2.75, 3.05) is 20.3 Å². The largest absolute Gasteiger partial charge is 0.496 e. The summed E-state index contributed by atoms with van der Waals surface area (Å²) < 4.78 is 11.2. The van der Waals surface area contributed by atoms with Crippen LogP contribution in [0.2, 0.25) is 0 Å².